The molecule has 0 aliphatic carbocycles. The average molecular weight is 388 g/mol. The maximum absolute atomic E-state index is 12.1. The van der Waals surface area contributed by atoms with Crippen molar-refractivity contribution in [1.82, 2.24) is 0 Å². The van der Waals surface area contributed by atoms with E-state index in [9.17, 15) is 4.79 Å². The number of aryl methyl sites for hydroxylation is 2. The van der Waals surface area contributed by atoms with Crippen LogP contribution < -0.4 is 4.74 Å². The number of hydrogen-bond donors (Lipinski definition) is 0. The molecule has 0 N–H and O–H groups in total. The zero-order chi connectivity index (χ0) is 15.6. The van der Waals surface area contributed by atoms with Crippen molar-refractivity contribution >= 4 is 44.9 Å². The molecule has 0 bridgehead atoms. The second-order valence-electron chi connectivity index (χ2n) is 4.71. The molecule has 0 heterocycles. The molecular weight excluding hydrogens is 375 g/mol. The van der Waals surface area contributed by atoms with Crippen molar-refractivity contribution in [3.05, 3.63) is 61.5 Å². The van der Waals surface area contributed by atoms with Crippen LogP contribution in [0.2, 0.25) is 10.0 Å². The molecule has 0 aliphatic rings. The zero-order valence-corrected chi connectivity index (χ0v) is 14.6. The van der Waals surface area contributed by atoms with Gasteiger partial charge >= 0.3 is 0 Å². The quantitative estimate of drug-likeness (QED) is 0.635. The summed E-state index contributed by atoms with van der Waals surface area (Å²) in [7, 11) is 0. The standard InChI is InChI=1S/C16H13BrCl2O2/c1-9-5-12(6-10(2)16(9)17)21-8-15(20)13-4-3-11(18)7-14(13)19/h3-7H,8H2,1-2H3. The van der Waals surface area contributed by atoms with Gasteiger partial charge < -0.3 is 4.74 Å². The van der Waals surface area contributed by atoms with E-state index < -0.39 is 0 Å². The van der Waals surface area contributed by atoms with Crippen molar-refractivity contribution in [3.63, 3.8) is 0 Å². The first-order valence-electron chi connectivity index (χ1n) is 6.26. The van der Waals surface area contributed by atoms with Crippen LogP contribution in [0.1, 0.15) is 21.5 Å². The van der Waals surface area contributed by atoms with Crippen molar-refractivity contribution in [2.45, 2.75) is 13.8 Å². The normalized spacial score (nSPS) is 10.5. The van der Waals surface area contributed by atoms with Gasteiger partial charge in [0.05, 0.1) is 5.02 Å². The number of carbonyl (C=O) groups excluding carboxylic acids is 1. The van der Waals surface area contributed by atoms with Crippen LogP contribution in [0.5, 0.6) is 5.75 Å². The monoisotopic (exact) mass is 386 g/mol. The Kier molecular flexibility index (Phi) is 5.31. The van der Waals surface area contributed by atoms with Gasteiger partial charge in [0, 0.05) is 15.1 Å². The molecule has 0 aromatic heterocycles. The fraction of sp³-hybridized carbons (Fsp3) is 0.188. The van der Waals surface area contributed by atoms with E-state index in [1.54, 1.807) is 18.2 Å². The van der Waals surface area contributed by atoms with Gasteiger partial charge in [0.25, 0.3) is 0 Å². The first-order chi connectivity index (χ1) is 9.88. The summed E-state index contributed by atoms with van der Waals surface area (Å²) in [6.45, 7) is 3.88. The number of rotatable bonds is 4. The molecular formula is C16H13BrCl2O2. The van der Waals surface area contributed by atoms with Gasteiger partial charge in [-0.25, -0.2) is 0 Å². The lowest BCUT2D eigenvalue weighted by Crippen LogP contribution is -2.12. The SMILES string of the molecule is Cc1cc(OCC(=O)c2ccc(Cl)cc2Cl)cc(C)c1Br. The summed E-state index contributed by atoms with van der Waals surface area (Å²) in [6, 6.07) is 8.55. The molecule has 110 valence electrons. The molecule has 0 amide bonds. The third-order valence-electron chi connectivity index (χ3n) is 3.01. The van der Waals surface area contributed by atoms with Crippen molar-refractivity contribution in [2.75, 3.05) is 6.61 Å². The maximum atomic E-state index is 12.1. The Morgan fingerprint density at radius 2 is 1.76 bits per heavy atom. The summed E-state index contributed by atoms with van der Waals surface area (Å²) in [4.78, 5) is 12.1. The topological polar surface area (TPSA) is 26.3 Å². The van der Waals surface area contributed by atoms with Crippen molar-refractivity contribution < 1.29 is 9.53 Å². The summed E-state index contributed by atoms with van der Waals surface area (Å²) in [5.41, 5.74) is 2.52. The van der Waals surface area contributed by atoms with E-state index in [2.05, 4.69) is 15.9 Å². The molecule has 2 aromatic carbocycles. The third kappa shape index (κ3) is 4.00. The van der Waals surface area contributed by atoms with Gasteiger partial charge in [-0.15, -0.1) is 0 Å². The molecule has 0 saturated carbocycles. The molecule has 0 fully saturated rings. The predicted molar refractivity (Wildman–Crippen MR) is 89.9 cm³/mol. The highest BCUT2D eigenvalue weighted by atomic mass is 79.9. The summed E-state index contributed by atoms with van der Waals surface area (Å²) in [6.07, 6.45) is 0. The number of ketones is 1. The number of Topliss-reactive ketones (excluding diaryl/α,β-unsaturated/α-hetero) is 1. The molecule has 5 heteroatoms. The number of halogens is 3. The molecule has 21 heavy (non-hydrogen) atoms. The Hall–Kier alpha value is -1.03. The lowest BCUT2D eigenvalue weighted by atomic mass is 10.1. The molecule has 0 radical (unpaired) electrons. The lowest BCUT2D eigenvalue weighted by Gasteiger charge is -2.10. The Morgan fingerprint density at radius 1 is 1.14 bits per heavy atom. The molecule has 0 atom stereocenters. The Bertz CT molecular complexity index is 676. The predicted octanol–water partition coefficient (Wildman–Crippen LogP) is 5.63. The minimum atomic E-state index is -0.185. The smallest absolute Gasteiger partial charge is 0.201 e. The van der Waals surface area contributed by atoms with Crippen LogP contribution in [0.25, 0.3) is 0 Å². The van der Waals surface area contributed by atoms with Crippen LogP contribution >= 0.6 is 39.1 Å². The average Bonchev–Trinajstić information content (AvgIpc) is 2.42. The van der Waals surface area contributed by atoms with Crippen molar-refractivity contribution in [3.8, 4) is 5.75 Å². The highest BCUT2D eigenvalue weighted by Crippen LogP contribution is 2.27. The van der Waals surface area contributed by atoms with E-state index in [0.29, 0.717) is 21.4 Å². The van der Waals surface area contributed by atoms with Crippen molar-refractivity contribution in [1.29, 1.82) is 0 Å². The second kappa shape index (κ2) is 6.82. The Balaban J connectivity index is 2.11. The maximum Gasteiger partial charge on any atom is 0.201 e. The van der Waals surface area contributed by atoms with Gasteiger partial charge in [-0.1, -0.05) is 39.1 Å². The van der Waals surface area contributed by atoms with Crippen LogP contribution in [0, 0.1) is 13.8 Å². The van der Waals surface area contributed by atoms with E-state index in [1.165, 1.54) is 0 Å². The fourth-order valence-electron chi connectivity index (χ4n) is 1.93. The largest absolute Gasteiger partial charge is 0.485 e. The molecule has 2 aromatic rings. The Morgan fingerprint density at radius 3 is 2.33 bits per heavy atom. The van der Waals surface area contributed by atoms with Crippen LogP contribution in [0.4, 0.5) is 0 Å². The van der Waals surface area contributed by atoms with Gasteiger partial charge in [-0.2, -0.15) is 0 Å². The van der Waals surface area contributed by atoms with Gasteiger partial charge in [-0.05, 0) is 55.3 Å². The zero-order valence-electron chi connectivity index (χ0n) is 11.5. The minimum Gasteiger partial charge on any atom is -0.485 e. The first-order valence-corrected chi connectivity index (χ1v) is 7.81. The van der Waals surface area contributed by atoms with Gasteiger partial charge in [0.1, 0.15) is 5.75 Å². The van der Waals surface area contributed by atoms with E-state index in [4.69, 9.17) is 27.9 Å². The Labute approximate surface area is 142 Å². The van der Waals surface area contributed by atoms with Gasteiger partial charge in [-0.3, -0.25) is 4.79 Å². The van der Waals surface area contributed by atoms with Crippen LogP contribution in [0.15, 0.2) is 34.8 Å². The summed E-state index contributed by atoms with van der Waals surface area (Å²) in [5.74, 6) is 0.474. The summed E-state index contributed by atoms with van der Waals surface area (Å²) in [5, 5.41) is 0.830. The molecule has 0 unspecified atom stereocenters. The van der Waals surface area contributed by atoms with E-state index in [1.807, 2.05) is 26.0 Å². The van der Waals surface area contributed by atoms with Crippen LogP contribution in [-0.4, -0.2) is 12.4 Å². The van der Waals surface area contributed by atoms with Crippen LogP contribution in [-0.2, 0) is 0 Å². The van der Waals surface area contributed by atoms with E-state index >= 15 is 0 Å². The molecule has 0 saturated heterocycles. The molecule has 2 nitrogen and oxygen atoms in total. The van der Waals surface area contributed by atoms with Gasteiger partial charge in [0.15, 0.2) is 6.61 Å². The van der Waals surface area contributed by atoms with E-state index in [0.717, 1.165) is 15.6 Å². The number of carbonyl (C=O) groups is 1. The summed E-state index contributed by atoms with van der Waals surface area (Å²) >= 11 is 15.3. The van der Waals surface area contributed by atoms with Crippen molar-refractivity contribution in [2.24, 2.45) is 0 Å². The molecule has 0 aliphatic heterocycles. The number of hydrogen-bond acceptors (Lipinski definition) is 2. The third-order valence-corrected chi connectivity index (χ3v) is 4.81. The van der Waals surface area contributed by atoms with Crippen LogP contribution in [0.3, 0.4) is 0 Å². The molecule has 0 spiro atoms. The lowest BCUT2D eigenvalue weighted by molar-refractivity contribution is 0.0921. The molecule has 2 rings (SSSR count). The first kappa shape index (κ1) is 16.3. The second-order valence-corrected chi connectivity index (χ2v) is 6.34. The fourth-order valence-corrected chi connectivity index (χ4v) is 2.67. The van der Waals surface area contributed by atoms with E-state index in [-0.39, 0.29) is 12.4 Å². The van der Waals surface area contributed by atoms with Gasteiger partial charge in [0.2, 0.25) is 5.78 Å². The minimum absolute atomic E-state index is 0.0676. The number of benzene rings is 2. The number of ether oxygens (including phenoxy) is 1. The highest BCUT2D eigenvalue weighted by molar-refractivity contribution is 9.10. The summed E-state index contributed by atoms with van der Waals surface area (Å²) < 4.78 is 6.61. The highest BCUT2D eigenvalue weighted by Gasteiger charge is 2.12.